The first-order chi connectivity index (χ1) is 25.4. The molecule has 0 saturated carbocycles. The lowest BCUT2D eigenvalue weighted by atomic mass is 9.82. The summed E-state index contributed by atoms with van der Waals surface area (Å²) in [5, 5.41) is 22.5. The van der Waals surface area contributed by atoms with Crippen LogP contribution in [0.25, 0.3) is 0 Å². The number of amides is 1. The molecule has 2 bridgehead atoms. The molecule has 3 aromatic carbocycles. The Kier molecular flexibility index (Phi) is 11.9. The van der Waals surface area contributed by atoms with Crippen molar-refractivity contribution in [1.29, 1.82) is 0 Å². The minimum Gasteiger partial charge on any atom is -0.619 e. The van der Waals surface area contributed by atoms with E-state index in [0.29, 0.717) is 28.0 Å². The maximum Gasteiger partial charge on any atom is 0.415 e. The number of alkyl halides is 2. The van der Waals surface area contributed by atoms with Gasteiger partial charge in [-0.3, -0.25) is 9.80 Å². The highest BCUT2D eigenvalue weighted by Crippen LogP contribution is 2.40. The van der Waals surface area contributed by atoms with E-state index in [0.717, 1.165) is 38.3 Å². The van der Waals surface area contributed by atoms with Gasteiger partial charge in [0.2, 0.25) is 0 Å². The highest BCUT2D eigenvalue weighted by Gasteiger charge is 2.38. The van der Waals surface area contributed by atoms with Crippen molar-refractivity contribution in [2.45, 2.75) is 51.4 Å². The largest absolute Gasteiger partial charge is 0.619 e. The summed E-state index contributed by atoms with van der Waals surface area (Å²) < 4.78 is 58.6. The number of aromatic nitrogens is 1. The van der Waals surface area contributed by atoms with E-state index in [1.165, 1.54) is 53.4 Å². The minimum atomic E-state index is -3.14. The van der Waals surface area contributed by atoms with Gasteiger partial charge in [-0.15, -0.1) is 0 Å². The van der Waals surface area contributed by atoms with Crippen molar-refractivity contribution in [2.24, 2.45) is 5.92 Å². The molecule has 3 saturated heterocycles. The molecule has 0 radical (unpaired) electrons. The van der Waals surface area contributed by atoms with Gasteiger partial charge in [0.15, 0.2) is 23.9 Å². The van der Waals surface area contributed by atoms with Gasteiger partial charge in [-0.25, -0.2) is 14.0 Å². The van der Waals surface area contributed by atoms with E-state index in [-0.39, 0.29) is 70.0 Å². The zero-order valence-corrected chi connectivity index (χ0v) is 30.0. The number of carboxylic acids is 1. The maximum atomic E-state index is 15.3. The van der Waals surface area contributed by atoms with E-state index in [9.17, 15) is 28.7 Å². The van der Waals surface area contributed by atoms with Crippen molar-refractivity contribution in [3.8, 4) is 11.5 Å². The van der Waals surface area contributed by atoms with Gasteiger partial charge >= 0.3 is 18.7 Å². The minimum absolute atomic E-state index is 0.00873. The molecule has 3 aliphatic heterocycles. The maximum absolute atomic E-state index is 15.3. The summed E-state index contributed by atoms with van der Waals surface area (Å²) in [5.41, 5.74) is 1.23. The smallest absolute Gasteiger partial charge is 0.415 e. The Balaban J connectivity index is 1.44. The van der Waals surface area contributed by atoms with E-state index in [2.05, 4.69) is 9.64 Å². The Morgan fingerprint density at radius 1 is 1.04 bits per heavy atom. The number of benzene rings is 3. The van der Waals surface area contributed by atoms with Gasteiger partial charge < -0.3 is 24.5 Å². The fraction of sp³-hybridized carbons (Fsp3) is 0.342. The van der Waals surface area contributed by atoms with Crippen LogP contribution in [-0.2, 0) is 17.7 Å². The number of piperidine rings is 3. The molecule has 10 nitrogen and oxygen atoms in total. The lowest BCUT2D eigenvalue weighted by Gasteiger charge is -2.44. The SMILES string of the molecule is CCOc1cc([C@H](Cc2c(Cl)c[n+]([O-])cc2Cl)c2cc(CN(C(=O)O[C@H]3CN4CCC3CC4)c3ccccc3F)ccc2C(=O)O)ccc1OC(F)F. The van der Waals surface area contributed by atoms with Crippen molar-refractivity contribution < 1.29 is 46.8 Å². The Hall–Kier alpha value is -4.72. The fourth-order valence-corrected chi connectivity index (χ4v) is 7.67. The van der Waals surface area contributed by atoms with Crippen LogP contribution < -0.4 is 19.1 Å². The second kappa shape index (κ2) is 16.5. The molecule has 0 spiro atoms. The van der Waals surface area contributed by atoms with E-state index >= 15 is 4.39 Å². The predicted molar refractivity (Wildman–Crippen MR) is 191 cm³/mol. The van der Waals surface area contributed by atoms with Crippen molar-refractivity contribution in [3.05, 3.63) is 122 Å². The topological polar surface area (TPSA) is 115 Å². The second-order valence-electron chi connectivity index (χ2n) is 12.9. The van der Waals surface area contributed by atoms with Gasteiger partial charge in [0, 0.05) is 18.0 Å². The first kappa shape index (κ1) is 38.0. The second-order valence-corrected chi connectivity index (χ2v) is 13.7. The van der Waals surface area contributed by atoms with Gasteiger partial charge in [0.1, 0.15) is 22.0 Å². The molecule has 0 unspecified atom stereocenters. The van der Waals surface area contributed by atoms with E-state index in [1.807, 2.05) is 0 Å². The van der Waals surface area contributed by atoms with E-state index in [4.69, 9.17) is 32.7 Å². The standard InChI is InChI=1S/C38H36Cl2F3N3O7/c1-2-51-34-16-24(8-10-33(34)52-37(42)43)26(17-28-29(39)19-45(50)20-30(28)40)27-15-22(7-9-25(27)36(47)48)18-46(32-6-4-3-5-31(32)41)38(49)53-35-21-44-13-11-23(35)12-14-44/h3-10,15-16,19-20,23,26,35,37H,2,11-14,17-18,21H2,1H3,(H,47,48)/t26-,35-/m0/s1. The van der Waals surface area contributed by atoms with Crippen molar-refractivity contribution in [3.63, 3.8) is 0 Å². The number of nitrogens with zero attached hydrogens (tertiary/aromatic N) is 3. The molecule has 1 N–H and O–H groups in total. The number of anilines is 1. The average Bonchev–Trinajstić information content (AvgIpc) is 3.12. The van der Waals surface area contributed by atoms with Crippen LogP contribution in [0.1, 0.15) is 58.3 Å². The lowest BCUT2D eigenvalue weighted by Crippen LogP contribution is -2.53. The van der Waals surface area contributed by atoms with Gasteiger partial charge in [-0.2, -0.15) is 13.5 Å². The predicted octanol–water partition coefficient (Wildman–Crippen LogP) is 8.08. The Morgan fingerprint density at radius 3 is 2.38 bits per heavy atom. The molecule has 4 heterocycles. The highest BCUT2D eigenvalue weighted by molar-refractivity contribution is 6.35. The molecule has 3 fully saturated rings. The third-order valence-corrected chi connectivity index (χ3v) is 10.3. The molecule has 280 valence electrons. The number of hydrogen-bond acceptors (Lipinski definition) is 7. The molecular formula is C38H36Cl2F3N3O7. The Labute approximate surface area is 313 Å². The number of pyridine rings is 1. The molecule has 53 heavy (non-hydrogen) atoms. The third kappa shape index (κ3) is 8.75. The van der Waals surface area contributed by atoms with Crippen LogP contribution in [0.15, 0.2) is 73.1 Å². The number of halogens is 5. The number of carbonyl (C=O) groups excluding carboxylic acids is 1. The molecule has 3 aliphatic rings. The molecule has 0 aliphatic carbocycles. The summed E-state index contributed by atoms with van der Waals surface area (Å²) in [6.07, 6.45) is 2.82. The zero-order valence-electron chi connectivity index (χ0n) is 28.5. The number of para-hydroxylation sites is 1. The van der Waals surface area contributed by atoms with Crippen LogP contribution in [0.2, 0.25) is 10.0 Å². The third-order valence-electron chi connectivity index (χ3n) is 9.63. The van der Waals surface area contributed by atoms with Crippen LogP contribution in [0.3, 0.4) is 0 Å². The van der Waals surface area contributed by atoms with Crippen LogP contribution in [-0.4, -0.2) is 61.0 Å². The van der Waals surface area contributed by atoms with E-state index in [1.54, 1.807) is 19.1 Å². The fourth-order valence-electron chi connectivity index (χ4n) is 7.07. The molecular weight excluding hydrogens is 738 g/mol. The summed E-state index contributed by atoms with van der Waals surface area (Å²) in [7, 11) is 0. The van der Waals surface area contributed by atoms with Crippen molar-refractivity contribution in [1.82, 2.24) is 4.90 Å². The summed E-state index contributed by atoms with van der Waals surface area (Å²) in [4.78, 5) is 30.1. The Morgan fingerprint density at radius 2 is 1.75 bits per heavy atom. The molecule has 7 rings (SSSR count). The van der Waals surface area contributed by atoms with E-state index < -0.39 is 30.4 Å². The number of rotatable bonds is 13. The normalized spacial score (nSPS) is 18.4. The lowest BCUT2D eigenvalue weighted by molar-refractivity contribution is -0.605. The summed E-state index contributed by atoms with van der Waals surface area (Å²) in [6, 6.07) is 14.5. The highest BCUT2D eigenvalue weighted by atomic mass is 35.5. The number of carboxylic acid groups (broad SMARTS) is 1. The number of hydrogen-bond donors (Lipinski definition) is 1. The van der Waals surface area contributed by atoms with Crippen LogP contribution >= 0.6 is 23.2 Å². The van der Waals surface area contributed by atoms with Gasteiger partial charge in [0.25, 0.3) is 0 Å². The summed E-state index contributed by atoms with van der Waals surface area (Å²) >= 11 is 13.0. The summed E-state index contributed by atoms with van der Waals surface area (Å²) in [5.74, 6) is -2.89. The first-order valence-electron chi connectivity index (χ1n) is 17.0. The molecule has 2 atom stereocenters. The summed E-state index contributed by atoms with van der Waals surface area (Å²) in [6.45, 7) is 0.872. The van der Waals surface area contributed by atoms with Gasteiger partial charge in [-0.1, -0.05) is 53.5 Å². The average molecular weight is 775 g/mol. The quantitative estimate of drug-likeness (QED) is 0.107. The number of fused-ring (bicyclic) bond motifs is 3. The van der Waals surface area contributed by atoms with Gasteiger partial charge in [0.05, 0.1) is 24.4 Å². The first-order valence-corrected chi connectivity index (χ1v) is 17.8. The van der Waals surface area contributed by atoms with Gasteiger partial charge in [-0.05, 0) is 92.2 Å². The molecule has 15 heteroatoms. The molecule has 1 amide bonds. The number of ether oxygens (including phenoxy) is 3. The zero-order chi connectivity index (χ0) is 37.8. The van der Waals surface area contributed by atoms with Crippen LogP contribution in [0.5, 0.6) is 11.5 Å². The van der Waals surface area contributed by atoms with Crippen LogP contribution in [0.4, 0.5) is 23.7 Å². The number of aromatic carboxylic acids is 1. The monoisotopic (exact) mass is 773 g/mol. The Bertz CT molecular complexity index is 1960. The van der Waals surface area contributed by atoms with Crippen molar-refractivity contribution in [2.75, 3.05) is 31.1 Å². The molecule has 4 aromatic rings. The van der Waals surface area contributed by atoms with Crippen molar-refractivity contribution >= 4 is 41.0 Å². The van der Waals surface area contributed by atoms with Crippen LogP contribution in [0, 0.1) is 16.9 Å². The molecule has 1 aromatic heterocycles. The number of carbonyl (C=O) groups is 2.